The number of carbonyl (C=O) groups excluding carboxylic acids is 3. The Balaban J connectivity index is 1.94. The van der Waals surface area contributed by atoms with E-state index in [4.69, 9.17) is 19.7 Å². The molecule has 0 atom stereocenters. The largest absolute Gasteiger partial charge is 0.502 e. The standard InChI is InChI=1S/C23H19N3O9/c1-3-12(2)34-14-6-4-5-13(11-14)15-9-10-33-20(15)23(30)35-22(29)16-7-8-17(27)19(26(31)32)18(16)21(28)25-24/h3-11,27H,24H2,1-2H3,(H,25,28). The molecule has 1 amide bonds. The molecule has 0 aliphatic rings. The van der Waals surface area contributed by atoms with Gasteiger partial charge in [0.05, 0.1) is 22.5 Å². The number of ether oxygens (including phenoxy) is 2. The first-order valence-corrected chi connectivity index (χ1v) is 9.94. The lowest BCUT2D eigenvalue weighted by molar-refractivity contribution is -0.386. The Morgan fingerprint density at radius 1 is 1.17 bits per heavy atom. The smallest absolute Gasteiger partial charge is 0.382 e. The number of phenols is 1. The molecule has 12 nitrogen and oxygen atoms in total. The molecule has 0 bridgehead atoms. The maximum atomic E-state index is 12.7. The lowest BCUT2D eigenvalue weighted by Crippen LogP contribution is -2.32. The average Bonchev–Trinajstić information content (AvgIpc) is 3.33. The van der Waals surface area contributed by atoms with Crippen LogP contribution in [0.5, 0.6) is 11.5 Å². The van der Waals surface area contributed by atoms with Crippen LogP contribution in [0.1, 0.15) is 45.1 Å². The molecule has 0 saturated heterocycles. The van der Waals surface area contributed by atoms with Crippen LogP contribution in [0.4, 0.5) is 5.69 Å². The fourth-order valence-electron chi connectivity index (χ4n) is 3.09. The van der Waals surface area contributed by atoms with E-state index < -0.39 is 45.3 Å². The van der Waals surface area contributed by atoms with Gasteiger partial charge in [0.2, 0.25) is 5.76 Å². The Bertz CT molecular complexity index is 1360. The number of nitro benzene ring substituents is 1. The topological polar surface area (TPSA) is 184 Å². The van der Waals surface area contributed by atoms with Crippen LogP contribution in [0, 0.1) is 10.1 Å². The zero-order valence-corrected chi connectivity index (χ0v) is 18.4. The number of nitrogens with two attached hydrogens (primary N) is 1. The summed E-state index contributed by atoms with van der Waals surface area (Å²) in [7, 11) is 0. The molecule has 3 aromatic rings. The van der Waals surface area contributed by atoms with Crippen LogP contribution in [-0.2, 0) is 4.74 Å². The molecule has 0 aliphatic carbocycles. The van der Waals surface area contributed by atoms with Crippen molar-refractivity contribution < 1.29 is 38.3 Å². The molecule has 0 saturated carbocycles. The minimum Gasteiger partial charge on any atom is -0.502 e. The zero-order valence-electron chi connectivity index (χ0n) is 18.4. The molecule has 1 heterocycles. The van der Waals surface area contributed by atoms with E-state index in [1.165, 1.54) is 12.3 Å². The number of nitrogen functional groups attached to an aromatic ring is 1. The molecule has 180 valence electrons. The number of benzene rings is 2. The zero-order chi connectivity index (χ0) is 25.7. The number of carbonyl (C=O) groups is 3. The molecule has 35 heavy (non-hydrogen) atoms. The highest BCUT2D eigenvalue weighted by atomic mass is 16.6. The Morgan fingerprint density at radius 3 is 2.57 bits per heavy atom. The highest BCUT2D eigenvalue weighted by Crippen LogP contribution is 2.33. The van der Waals surface area contributed by atoms with Gasteiger partial charge in [0.1, 0.15) is 11.3 Å². The van der Waals surface area contributed by atoms with Crippen molar-refractivity contribution >= 4 is 23.5 Å². The molecular weight excluding hydrogens is 462 g/mol. The number of nitrogens with one attached hydrogen (secondary N) is 1. The van der Waals surface area contributed by atoms with Gasteiger partial charge in [-0.2, -0.15) is 0 Å². The van der Waals surface area contributed by atoms with Gasteiger partial charge in [0, 0.05) is 5.56 Å². The lowest BCUT2D eigenvalue weighted by atomic mass is 10.0. The second kappa shape index (κ2) is 10.3. The number of amides is 1. The van der Waals surface area contributed by atoms with Crippen molar-refractivity contribution in [1.82, 2.24) is 5.43 Å². The number of hydrazine groups is 1. The maximum Gasteiger partial charge on any atom is 0.382 e. The first-order chi connectivity index (χ1) is 16.7. The fourth-order valence-corrected chi connectivity index (χ4v) is 3.09. The molecule has 3 rings (SSSR count). The summed E-state index contributed by atoms with van der Waals surface area (Å²) in [4.78, 5) is 47.8. The van der Waals surface area contributed by atoms with E-state index in [9.17, 15) is 29.6 Å². The van der Waals surface area contributed by atoms with Gasteiger partial charge < -0.3 is 19.0 Å². The molecular formula is C23H19N3O9. The summed E-state index contributed by atoms with van der Waals surface area (Å²) in [5, 5.41) is 21.1. The summed E-state index contributed by atoms with van der Waals surface area (Å²) in [5.74, 6) is 1.10. The number of aromatic hydroxyl groups is 1. The van der Waals surface area contributed by atoms with Gasteiger partial charge >= 0.3 is 17.6 Å². The quantitative estimate of drug-likeness (QED) is 0.0858. The molecule has 0 fully saturated rings. The number of nitrogens with zero attached hydrogens (tertiary/aromatic N) is 1. The van der Waals surface area contributed by atoms with E-state index >= 15 is 0 Å². The molecule has 4 N–H and O–H groups in total. The Hall–Kier alpha value is -4.97. The van der Waals surface area contributed by atoms with E-state index in [1.807, 2.05) is 6.92 Å². The summed E-state index contributed by atoms with van der Waals surface area (Å²) in [6.07, 6.45) is 2.98. The van der Waals surface area contributed by atoms with E-state index in [1.54, 1.807) is 42.7 Å². The van der Waals surface area contributed by atoms with Crippen LogP contribution >= 0.6 is 0 Å². The highest BCUT2D eigenvalue weighted by Gasteiger charge is 2.33. The monoisotopic (exact) mass is 481 g/mol. The maximum absolute atomic E-state index is 12.7. The summed E-state index contributed by atoms with van der Waals surface area (Å²) in [6.45, 7) is 3.58. The van der Waals surface area contributed by atoms with Gasteiger partial charge in [0.15, 0.2) is 5.75 Å². The number of phenolic OH excluding ortho intramolecular Hbond substituents is 1. The van der Waals surface area contributed by atoms with Crippen molar-refractivity contribution in [2.24, 2.45) is 5.84 Å². The second-order valence-corrected chi connectivity index (χ2v) is 6.96. The summed E-state index contributed by atoms with van der Waals surface area (Å²) < 4.78 is 15.7. The van der Waals surface area contributed by atoms with Crippen molar-refractivity contribution in [3.05, 3.63) is 87.6 Å². The summed E-state index contributed by atoms with van der Waals surface area (Å²) in [5.41, 5.74) is -0.179. The summed E-state index contributed by atoms with van der Waals surface area (Å²) >= 11 is 0. The Kier molecular flexibility index (Phi) is 7.27. The van der Waals surface area contributed by atoms with Gasteiger partial charge in [-0.1, -0.05) is 12.1 Å². The van der Waals surface area contributed by atoms with Crippen molar-refractivity contribution in [2.45, 2.75) is 13.8 Å². The van der Waals surface area contributed by atoms with E-state index in [0.29, 0.717) is 17.1 Å². The predicted molar refractivity (Wildman–Crippen MR) is 120 cm³/mol. The third-order valence-electron chi connectivity index (χ3n) is 4.78. The minimum atomic E-state index is -1.40. The SMILES string of the molecule is CC=C(C)Oc1cccc(-c2ccoc2C(=O)OC(=O)c2ccc(O)c([N+](=O)[O-])c2C(=O)NN)c1. The number of nitro groups is 1. The van der Waals surface area contributed by atoms with Crippen LogP contribution in [0.15, 0.2) is 65.0 Å². The lowest BCUT2D eigenvalue weighted by Gasteiger charge is -2.10. The third kappa shape index (κ3) is 5.17. The van der Waals surface area contributed by atoms with Crippen molar-refractivity contribution in [2.75, 3.05) is 0 Å². The Morgan fingerprint density at radius 2 is 1.91 bits per heavy atom. The normalized spacial score (nSPS) is 11.0. The number of esters is 2. The van der Waals surface area contributed by atoms with E-state index in [2.05, 4.69) is 0 Å². The molecule has 0 radical (unpaired) electrons. The Labute approximate surface area is 197 Å². The van der Waals surface area contributed by atoms with Gasteiger partial charge in [-0.3, -0.25) is 20.3 Å². The van der Waals surface area contributed by atoms with Crippen molar-refractivity contribution in [1.29, 1.82) is 0 Å². The molecule has 0 unspecified atom stereocenters. The number of hydrogen-bond donors (Lipinski definition) is 3. The van der Waals surface area contributed by atoms with Gasteiger partial charge in [-0.05, 0) is 55.8 Å². The second-order valence-electron chi connectivity index (χ2n) is 6.96. The van der Waals surface area contributed by atoms with Crippen LogP contribution in [0.25, 0.3) is 11.1 Å². The van der Waals surface area contributed by atoms with Crippen LogP contribution < -0.4 is 16.0 Å². The molecule has 1 aromatic heterocycles. The first kappa shape index (κ1) is 24.7. The highest BCUT2D eigenvalue weighted by molar-refractivity contribution is 6.12. The van der Waals surface area contributed by atoms with Gasteiger partial charge in [0.25, 0.3) is 5.91 Å². The van der Waals surface area contributed by atoms with Crippen LogP contribution in [-0.4, -0.2) is 27.9 Å². The van der Waals surface area contributed by atoms with Crippen LogP contribution in [0.2, 0.25) is 0 Å². The third-order valence-corrected chi connectivity index (χ3v) is 4.78. The molecule has 0 aliphatic heterocycles. The average molecular weight is 481 g/mol. The number of hydrogen-bond acceptors (Lipinski definition) is 10. The van der Waals surface area contributed by atoms with Crippen molar-refractivity contribution in [3.63, 3.8) is 0 Å². The molecule has 12 heteroatoms. The minimum absolute atomic E-state index is 0.281. The van der Waals surface area contributed by atoms with Gasteiger partial charge in [-0.25, -0.2) is 15.4 Å². The molecule has 2 aromatic carbocycles. The van der Waals surface area contributed by atoms with E-state index in [0.717, 1.165) is 12.1 Å². The van der Waals surface area contributed by atoms with Crippen LogP contribution in [0.3, 0.4) is 0 Å². The number of rotatable bonds is 7. The first-order valence-electron chi connectivity index (χ1n) is 9.94. The van der Waals surface area contributed by atoms with E-state index in [-0.39, 0.29) is 11.3 Å². The van der Waals surface area contributed by atoms with Gasteiger partial charge in [-0.15, -0.1) is 0 Å². The summed E-state index contributed by atoms with van der Waals surface area (Å²) in [6, 6.07) is 9.88. The fraction of sp³-hybridized carbons (Fsp3) is 0.0870. The van der Waals surface area contributed by atoms with Crippen molar-refractivity contribution in [3.8, 4) is 22.6 Å². The number of furan rings is 1. The molecule has 0 spiro atoms. The number of allylic oxidation sites excluding steroid dienone is 2. The predicted octanol–water partition coefficient (Wildman–Crippen LogP) is 3.46.